The Kier molecular flexibility index (Phi) is 11.3. The number of aromatic nitrogens is 3. The predicted molar refractivity (Wildman–Crippen MR) is 260 cm³/mol. The van der Waals surface area contributed by atoms with E-state index in [2.05, 4.69) is 136 Å². The molecule has 0 fully saturated rings. The Hall–Kier alpha value is -6.05. The fourth-order valence-electron chi connectivity index (χ4n) is 8.31. The first kappa shape index (κ1) is 40.7. The first-order valence-corrected chi connectivity index (χ1v) is 24.8. The Labute approximate surface area is 392 Å². The van der Waals surface area contributed by atoms with E-state index in [0.717, 1.165) is 61.0 Å². The molecule has 3 aromatic heterocycles. The van der Waals surface area contributed by atoms with E-state index in [-0.39, 0.29) is 54.5 Å². The van der Waals surface area contributed by atoms with E-state index in [1.807, 2.05) is 30.5 Å². The van der Waals surface area contributed by atoms with Crippen molar-refractivity contribution in [3.63, 3.8) is 0 Å². The SMILES string of the molecule is C[Si](C)(C)c1ccc(-c2[c-]cc(F)cc2)nc1.[2H]C([2H])([2H])c1c[c-]c(-c2nc3cc4ccccc4cc3n2-c2c(C(C)C)cc(-c3ccccc3)cc2C(C)C)c2oc3c(F)cccc3c12.[Ir]. The summed E-state index contributed by atoms with van der Waals surface area (Å²) in [6.07, 6.45) is 1.93. The van der Waals surface area contributed by atoms with Crippen LogP contribution >= 0.6 is 0 Å². The third kappa shape index (κ3) is 8.38. The van der Waals surface area contributed by atoms with Gasteiger partial charge in [-0.05, 0) is 86.1 Å². The number of para-hydroxylation sites is 1. The van der Waals surface area contributed by atoms with Gasteiger partial charge in [0, 0.05) is 47.3 Å². The zero-order chi connectivity index (χ0) is 46.7. The molecule has 0 spiro atoms. The molecule has 1 radical (unpaired) electrons. The van der Waals surface area contributed by atoms with Gasteiger partial charge in [0.05, 0.1) is 30.5 Å². The van der Waals surface area contributed by atoms with E-state index in [4.69, 9.17) is 13.5 Å². The predicted octanol–water partition coefficient (Wildman–Crippen LogP) is 15.1. The maximum atomic E-state index is 15.3. The van der Waals surface area contributed by atoms with E-state index in [1.165, 1.54) is 29.5 Å². The van der Waals surface area contributed by atoms with Crippen molar-refractivity contribution in [3.05, 3.63) is 180 Å². The zero-order valence-corrected chi connectivity index (χ0v) is 40.2. The quantitative estimate of drug-likeness (QED) is 0.118. The summed E-state index contributed by atoms with van der Waals surface area (Å²) in [7, 11) is -1.30. The standard InChI is InChI=1S/C42H34FN2O.C14H15FNSi.Ir/c1-24(2)33-20-30(27-12-7-6-8-13-27)21-34(25(3)4)39(33)45-37-23-29-15-10-9-14-28(29)22-36(37)44-42(45)32-19-18-26(5)38-31-16-11-17-35(43)40(31)46-41(32)38;1-17(2,3)13-8-9-14(16-10-13)11-4-6-12(15)7-5-11;/h6-18,20-25H,1-5H3;4,6-10H,1-3H3;/q2*-1;/i5D3;;. The Morgan fingerprint density at radius 3 is 2.05 bits per heavy atom. The normalized spacial score (nSPS) is 12.6. The molecule has 0 atom stereocenters. The first-order valence-electron chi connectivity index (χ1n) is 22.8. The van der Waals surface area contributed by atoms with Crippen molar-refractivity contribution < 1.29 is 37.4 Å². The van der Waals surface area contributed by atoms with Crippen LogP contribution in [-0.4, -0.2) is 22.6 Å². The minimum atomic E-state index is -2.48. The van der Waals surface area contributed by atoms with Crippen LogP contribution in [0.25, 0.3) is 83.2 Å². The van der Waals surface area contributed by atoms with Crippen LogP contribution in [0.2, 0.25) is 19.6 Å². The molecular weight excluding hydrogens is 989 g/mol. The molecule has 0 aliphatic rings. The summed E-state index contributed by atoms with van der Waals surface area (Å²) >= 11 is 0. The summed E-state index contributed by atoms with van der Waals surface area (Å²) in [5.41, 5.74) is 9.69. The van der Waals surface area contributed by atoms with Crippen LogP contribution in [0.15, 0.2) is 144 Å². The van der Waals surface area contributed by atoms with Crippen molar-refractivity contribution in [3.8, 4) is 39.5 Å². The van der Waals surface area contributed by atoms with Crippen molar-refractivity contribution in [2.75, 3.05) is 0 Å². The van der Waals surface area contributed by atoms with E-state index in [1.54, 1.807) is 18.2 Å². The van der Waals surface area contributed by atoms with Crippen molar-refractivity contribution in [1.82, 2.24) is 14.5 Å². The van der Waals surface area contributed by atoms with Gasteiger partial charge < -0.3 is 14.0 Å². The Morgan fingerprint density at radius 1 is 0.719 bits per heavy atom. The minimum absolute atomic E-state index is 0. The zero-order valence-electron chi connectivity index (χ0n) is 39.8. The Morgan fingerprint density at radius 2 is 1.42 bits per heavy atom. The number of nitrogens with zero attached hydrogens (tertiary/aromatic N) is 3. The first-order chi connectivity index (χ1) is 31.5. The maximum Gasteiger partial charge on any atom is 0.165 e. The van der Waals surface area contributed by atoms with Gasteiger partial charge in [-0.25, -0.2) is 4.39 Å². The van der Waals surface area contributed by atoms with E-state index < -0.39 is 20.7 Å². The summed E-state index contributed by atoms with van der Waals surface area (Å²) in [6, 6.07) is 48.2. The average Bonchev–Trinajstić information content (AvgIpc) is 3.87. The van der Waals surface area contributed by atoms with E-state index >= 15 is 4.39 Å². The molecule has 0 unspecified atom stereocenters. The summed E-state index contributed by atoms with van der Waals surface area (Å²) in [4.78, 5) is 9.69. The van der Waals surface area contributed by atoms with Crippen LogP contribution in [0.4, 0.5) is 8.78 Å². The molecule has 0 aliphatic heterocycles. The summed E-state index contributed by atoms with van der Waals surface area (Å²) in [5, 5.41) is 4.20. The van der Waals surface area contributed by atoms with Gasteiger partial charge in [0.15, 0.2) is 11.4 Å². The number of halogens is 2. The van der Waals surface area contributed by atoms with Crippen LogP contribution in [0.5, 0.6) is 0 Å². The molecule has 0 bridgehead atoms. The third-order valence-corrected chi connectivity index (χ3v) is 13.7. The number of hydrogen-bond donors (Lipinski definition) is 0. The molecule has 0 saturated heterocycles. The molecule has 0 N–H and O–H groups in total. The fraction of sp³-hybridized carbons (Fsp3) is 0.179. The second-order valence-electron chi connectivity index (χ2n) is 17.7. The van der Waals surface area contributed by atoms with E-state index in [0.29, 0.717) is 22.2 Å². The molecular formula is C56H49F2IrN3OSi-2. The van der Waals surface area contributed by atoms with Gasteiger partial charge >= 0.3 is 0 Å². The fourth-order valence-corrected chi connectivity index (χ4v) is 9.35. The molecule has 8 heteroatoms. The van der Waals surface area contributed by atoms with Crippen molar-refractivity contribution >= 4 is 57.0 Å². The number of aryl methyl sites for hydroxylation is 1. The van der Waals surface area contributed by atoms with Crippen LogP contribution in [0, 0.1) is 30.6 Å². The van der Waals surface area contributed by atoms with Crippen molar-refractivity contribution in [1.29, 1.82) is 0 Å². The second kappa shape index (κ2) is 17.8. The monoisotopic (exact) mass is 1040 g/mol. The molecule has 3 heterocycles. The maximum absolute atomic E-state index is 15.3. The number of pyridine rings is 1. The van der Waals surface area contributed by atoms with Crippen LogP contribution < -0.4 is 5.19 Å². The van der Waals surface area contributed by atoms with Crippen molar-refractivity contribution in [2.45, 2.75) is 66.0 Å². The Bertz CT molecular complexity index is 3380. The molecule has 10 rings (SSSR count). The third-order valence-electron chi connectivity index (χ3n) is 11.7. The van der Waals surface area contributed by atoms with Gasteiger partial charge in [-0.3, -0.25) is 9.37 Å². The molecule has 0 saturated carbocycles. The number of benzene rings is 7. The molecule has 7 aromatic carbocycles. The van der Waals surface area contributed by atoms with Gasteiger partial charge in [0.2, 0.25) is 0 Å². The molecule has 323 valence electrons. The number of hydrogen-bond acceptors (Lipinski definition) is 3. The van der Waals surface area contributed by atoms with Gasteiger partial charge in [-0.2, -0.15) is 0 Å². The van der Waals surface area contributed by atoms with Gasteiger partial charge in [-0.1, -0.05) is 144 Å². The smallest absolute Gasteiger partial charge is 0.165 e. The second-order valence-corrected chi connectivity index (χ2v) is 22.8. The summed E-state index contributed by atoms with van der Waals surface area (Å²) < 4.78 is 61.5. The number of furan rings is 1. The number of rotatable bonds is 7. The molecule has 0 aliphatic carbocycles. The largest absolute Gasteiger partial charge is 0.497 e. The van der Waals surface area contributed by atoms with Gasteiger partial charge in [-0.15, -0.1) is 47.5 Å². The van der Waals surface area contributed by atoms with E-state index in [9.17, 15) is 4.39 Å². The summed E-state index contributed by atoms with van der Waals surface area (Å²) in [5.74, 6) is 0.000440. The molecule has 0 amide bonds. The number of fused-ring (bicyclic) bond motifs is 5. The van der Waals surface area contributed by atoms with Crippen molar-refractivity contribution in [2.24, 2.45) is 0 Å². The van der Waals surface area contributed by atoms with Crippen LogP contribution in [0.1, 0.15) is 60.3 Å². The molecule has 4 nitrogen and oxygen atoms in total. The summed E-state index contributed by atoms with van der Waals surface area (Å²) in [6.45, 7) is 13.2. The number of imidazole rings is 1. The van der Waals surface area contributed by atoms with Gasteiger partial charge in [0.25, 0.3) is 0 Å². The molecule has 10 aromatic rings. The average molecular weight is 1040 g/mol. The van der Waals surface area contributed by atoms with Crippen LogP contribution in [0.3, 0.4) is 0 Å². The topological polar surface area (TPSA) is 43.9 Å². The van der Waals surface area contributed by atoms with Gasteiger partial charge in [0.1, 0.15) is 0 Å². The Balaban J connectivity index is 0.000000285. The minimum Gasteiger partial charge on any atom is -0.497 e. The van der Waals surface area contributed by atoms with Crippen LogP contribution in [-0.2, 0) is 20.1 Å². The molecule has 64 heavy (non-hydrogen) atoms.